The fourth-order valence-corrected chi connectivity index (χ4v) is 11.3. The third-order valence-electron chi connectivity index (χ3n) is 14.5. The van der Waals surface area contributed by atoms with Crippen molar-refractivity contribution >= 4 is 101 Å². The molecule has 0 amide bonds. The fourth-order valence-electron chi connectivity index (χ4n) is 11.3. The highest BCUT2D eigenvalue weighted by atomic mass is 16.5. The minimum absolute atomic E-state index is 0.133. The van der Waals surface area contributed by atoms with Gasteiger partial charge in [0.2, 0.25) is 0 Å². The zero-order chi connectivity index (χ0) is 45.4. The van der Waals surface area contributed by atoms with Gasteiger partial charge in [0.1, 0.15) is 17.2 Å². The van der Waals surface area contributed by atoms with Crippen molar-refractivity contribution in [1.29, 1.82) is 0 Å². The molecule has 0 bridgehead atoms. The molecule has 11 aromatic rings. The first-order valence-corrected chi connectivity index (χ1v) is 23.4. The Morgan fingerprint density at radius 1 is 0.448 bits per heavy atom. The van der Waals surface area contributed by atoms with Crippen LogP contribution in [0.2, 0.25) is 0 Å². The van der Waals surface area contributed by atoms with E-state index < -0.39 is 0 Å². The summed E-state index contributed by atoms with van der Waals surface area (Å²) in [6, 6.07) is 63.6. The minimum Gasteiger partial charge on any atom is -0.456 e. The molecule has 4 heterocycles. The standard InChI is InChI=1S/C61H49BN4O/c1-36-12-21-42(22-13-36)64(43-23-14-37(2)15-24-43)45-33-56-58-57(34-45)67-61-51(62(58)50-32-41(6)20-29-55(50)65(56)44-25-16-38(3)17-26-44)35-49-46-10-8-9-11-52(46)63(7)59(49)60(61)66-53-27-18-39(4)30-47(53)48-31-40(5)19-28-54(48)66/h8-35H,1-7H3. The van der Waals surface area contributed by atoms with E-state index in [9.17, 15) is 0 Å². The number of fused-ring (bicyclic) bond motifs is 10. The molecule has 0 radical (unpaired) electrons. The Balaban J connectivity index is 1.19. The lowest BCUT2D eigenvalue weighted by Gasteiger charge is -2.41. The molecule has 2 aromatic heterocycles. The van der Waals surface area contributed by atoms with Crippen molar-refractivity contribution in [1.82, 2.24) is 9.13 Å². The maximum absolute atomic E-state index is 7.85. The van der Waals surface area contributed by atoms with Crippen LogP contribution in [0.25, 0.3) is 49.3 Å². The molecule has 9 aromatic carbocycles. The Morgan fingerprint density at radius 3 is 1.66 bits per heavy atom. The van der Waals surface area contributed by atoms with Crippen LogP contribution in [0.4, 0.5) is 34.1 Å². The van der Waals surface area contributed by atoms with Crippen LogP contribution in [0, 0.1) is 41.5 Å². The summed E-state index contributed by atoms with van der Waals surface area (Å²) in [5.41, 5.74) is 23.2. The average Bonchev–Trinajstić information content (AvgIpc) is 3.79. The van der Waals surface area contributed by atoms with Crippen molar-refractivity contribution in [3.63, 3.8) is 0 Å². The Hall–Kier alpha value is -7.96. The normalized spacial score (nSPS) is 12.8. The summed E-state index contributed by atoms with van der Waals surface area (Å²) in [7, 11) is 2.22. The average molecular weight is 865 g/mol. The van der Waals surface area contributed by atoms with E-state index >= 15 is 0 Å². The lowest BCUT2D eigenvalue weighted by Crippen LogP contribution is -2.59. The van der Waals surface area contributed by atoms with Gasteiger partial charge in [0.15, 0.2) is 0 Å². The van der Waals surface area contributed by atoms with Gasteiger partial charge in [0, 0.05) is 68.6 Å². The Morgan fingerprint density at radius 2 is 1.01 bits per heavy atom. The van der Waals surface area contributed by atoms with Crippen molar-refractivity contribution in [3.8, 4) is 17.2 Å². The summed E-state index contributed by atoms with van der Waals surface area (Å²) < 4.78 is 12.7. The van der Waals surface area contributed by atoms with Crippen LogP contribution in [0.3, 0.4) is 0 Å². The molecule has 0 aliphatic carbocycles. The zero-order valence-corrected chi connectivity index (χ0v) is 38.9. The molecule has 6 heteroatoms. The minimum atomic E-state index is -0.133. The van der Waals surface area contributed by atoms with Crippen LogP contribution in [-0.2, 0) is 7.05 Å². The highest BCUT2D eigenvalue weighted by Gasteiger charge is 2.44. The first-order valence-electron chi connectivity index (χ1n) is 23.4. The molecule has 0 spiro atoms. The highest BCUT2D eigenvalue weighted by molar-refractivity contribution is 6.99. The molecule has 0 atom stereocenters. The number of ether oxygens (including phenoxy) is 1. The Labute approximate surface area is 391 Å². The third kappa shape index (κ3) is 5.88. The maximum atomic E-state index is 7.85. The van der Waals surface area contributed by atoms with Gasteiger partial charge in [-0.05, 0) is 137 Å². The van der Waals surface area contributed by atoms with E-state index in [4.69, 9.17) is 4.74 Å². The molecular weight excluding hydrogens is 816 g/mol. The highest BCUT2D eigenvalue weighted by Crippen LogP contribution is 2.49. The molecule has 0 saturated heterocycles. The number of hydrogen-bond donors (Lipinski definition) is 0. The lowest BCUT2D eigenvalue weighted by molar-refractivity contribution is 0.486. The van der Waals surface area contributed by atoms with E-state index in [1.54, 1.807) is 0 Å². The van der Waals surface area contributed by atoms with Crippen LogP contribution in [0.1, 0.15) is 33.4 Å². The van der Waals surface area contributed by atoms with Crippen molar-refractivity contribution in [2.24, 2.45) is 7.05 Å². The number of aryl methyl sites for hydroxylation is 7. The van der Waals surface area contributed by atoms with E-state index in [-0.39, 0.29) is 6.71 Å². The molecule has 0 fully saturated rings. The Bertz CT molecular complexity index is 3760. The van der Waals surface area contributed by atoms with Gasteiger partial charge in [-0.25, -0.2) is 0 Å². The summed E-state index contributed by atoms with van der Waals surface area (Å²) in [5.74, 6) is 1.73. The van der Waals surface area contributed by atoms with Crippen molar-refractivity contribution in [2.45, 2.75) is 41.5 Å². The molecule has 322 valence electrons. The van der Waals surface area contributed by atoms with E-state index in [0.717, 1.165) is 62.2 Å². The molecule has 67 heavy (non-hydrogen) atoms. The lowest BCUT2D eigenvalue weighted by atomic mass is 9.34. The van der Waals surface area contributed by atoms with Gasteiger partial charge in [0.25, 0.3) is 6.71 Å². The monoisotopic (exact) mass is 864 g/mol. The summed E-state index contributed by atoms with van der Waals surface area (Å²) in [6.07, 6.45) is 0. The van der Waals surface area contributed by atoms with Crippen molar-refractivity contribution in [3.05, 3.63) is 203 Å². The van der Waals surface area contributed by atoms with Crippen molar-refractivity contribution in [2.75, 3.05) is 9.80 Å². The predicted octanol–water partition coefficient (Wildman–Crippen LogP) is 14.2. The van der Waals surface area contributed by atoms with Crippen LogP contribution < -0.4 is 30.9 Å². The second-order valence-corrected chi connectivity index (χ2v) is 19.1. The van der Waals surface area contributed by atoms with E-state index in [2.05, 4.69) is 237 Å². The second-order valence-electron chi connectivity index (χ2n) is 19.1. The molecular formula is C61H49BN4O. The fraction of sp³-hybridized carbons (Fsp3) is 0.115. The number of hydrogen-bond acceptors (Lipinski definition) is 3. The van der Waals surface area contributed by atoms with Gasteiger partial charge < -0.3 is 23.7 Å². The first kappa shape index (κ1) is 39.4. The Kier molecular flexibility index (Phi) is 8.54. The molecule has 2 aliphatic rings. The number of para-hydroxylation sites is 1. The van der Waals surface area contributed by atoms with E-state index in [1.165, 1.54) is 82.5 Å². The summed E-state index contributed by atoms with van der Waals surface area (Å²) in [5, 5.41) is 4.92. The van der Waals surface area contributed by atoms with Gasteiger partial charge in [0.05, 0.1) is 22.2 Å². The zero-order valence-electron chi connectivity index (χ0n) is 38.9. The van der Waals surface area contributed by atoms with Crippen LogP contribution in [-0.4, -0.2) is 15.8 Å². The predicted molar refractivity (Wildman–Crippen MR) is 284 cm³/mol. The number of benzene rings is 9. The smallest absolute Gasteiger partial charge is 0.256 e. The summed E-state index contributed by atoms with van der Waals surface area (Å²) >= 11 is 0. The van der Waals surface area contributed by atoms with E-state index in [0.29, 0.717) is 0 Å². The third-order valence-corrected chi connectivity index (χ3v) is 14.5. The van der Waals surface area contributed by atoms with Crippen LogP contribution in [0.15, 0.2) is 170 Å². The SMILES string of the molecule is Cc1ccc(N(c2ccc(C)cc2)c2cc3c4c(c2)N(c2ccc(C)cc2)c2ccc(C)cc2B4c2cc4c5ccccc5n(C)c4c(-n4c5ccc(C)cc5c5cc(C)ccc54)c2O3)cc1. The van der Waals surface area contributed by atoms with Crippen LogP contribution in [0.5, 0.6) is 11.5 Å². The molecule has 13 rings (SSSR count). The van der Waals surface area contributed by atoms with Gasteiger partial charge >= 0.3 is 0 Å². The van der Waals surface area contributed by atoms with Gasteiger partial charge in [-0.3, -0.25) is 0 Å². The summed E-state index contributed by atoms with van der Waals surface area (Å²) in [6.45, 7) is 12.9. The van der Waals surface area contributed by atoms with Gasteiger partial charge in [-0.1, -0.05) is 118 Å². The number of aromatic nitrogens is 2. The topological polar surface area (TPSA) is 25.6 Å². The van der Waals surface area contributed by atoms with E-state index in [1.807, 2.05) is 0 Å². The summed E-state index contributed by atoms with van der Waals surface area (Å²) in [4.78, 5) is 4.85. The molecule has 5 nitrogen and oxygen atoms in total. The number of nitrogens with zero attached hydrogens (tertiary/aromatic N) is 4. The van der Waals surface area contributed by atoms with Crippen LogP contribution >= 0.6 is 0 Å². The molecule has 2 aliphatic heterocycles. The van der Waals surface area contributed by atoms with Gasteiger partial charge in [-0.15, -0.1) is 0 Å². The quantitative estimate of drug-likeness (QED) is 0.161. The molecule has 0 saturated carbocycles. The molecule has 0 unspecified atom stereocenters. The van der Waals surface area contributed by atoms with Gasteiger partial charge in [-0.2, -0.15) is 0 Å². The second kappa shape index (κ2) is 14.5. The molecule has 0 N–H and O–H groups in total. The number of anilines is 6. The largest absolute Gasteiger partial charge is 0.456 e. The first-order chi connectivity index (χ1) is 32.6. The maximum Gasteiger partial charge on any atom is 0.256 e. The van der Waals surface area contributed by atoms with Crippen molar-refractivity contribution < 1.29 is 4.74 Å². The number of rotatable bonds is 5.